The second-order valence-electron chi connectivity index (χ2n) is 1.52. The zero-order valence-corrected chi connectivity index (χ0v) is 5.69. The van der Waals surface area contributed by atoms with E-state index in [2.05, 4.69) is 5.43 Å². The van der Waals surface area contributed by atoms with Gasteiger partial charge in [-0.05, 0) is 11.9 Å². The molecule has 0 atom stereocenters. The van der Waals surface area contributed by atoms with Crippen LogP contribution in [0.4, 0.5) is 0 Å². The van der Waals surface area contributed by atoms with Gasteiger partial charge in [0.1, 0.15) is 0 Å². The van der Waals surface area contributed by atoms with Crippen molar-refractivity contribution in [1.29, 1.82) is 5.26 Å². The minimum absolute atomic E-state index is 0.751. The highest BCUT2D eigenvalue weighted by atomic mass is 32.2. The summed E-state index contributed by atoms with van der Waals surface area (Å²) in [4.78, 5) is 0. The van der Waals surface area contributed by atoms with E-state index in [1.807, 2.05) is 18.3 Å². The number of hydrogen-bond acceptors (Lipinski definition) is 4. The lowest BCUT2D eigenvalue weighted by Crippen LogP contribution is -2.26. The molecule has 0 aromatic heterocycles. The van der Waals surface area contributed by atoms with Gasteiger partial charge in [-0.25, -0.2) is 5.43 Å². The van der Waals surface area contributed by atoms with Gasteiger partial charge in [-0.1, -0.05) is 12.2 Å². The molecule has 9 heavy (non-hydrogen) atoms. The minimum Gasteiger partial charge on any atom is -0.211 e. The lowest BCUT2D eigenvalue weighted by Gasteiger charge is -2.09. The summed E-state index contributed by atoms with van der Waals surface area (Å²) in [6.07, 6.45) is 6.03. The van der Waals surface area contributed by atoms with Crippen LogP contribution in [0.1, 0.15) is 0 Å². The molecular weight excluding hydrogens is 134 g/mol. The molecule has 0 aliphatic carbocycles. The Balaban J connectivity index is 2.37. The molecular formula is C5H7N3S. The normalized spacial score (nSPS) is 18.8. The molecule has 0 radical (unpaired) electrons. The van der Waals surface area contributed by atoms with E-state index in [9.17, 15) is 0 Å². The standard InChI is InChI=1S/C5H7N3S/c6-5-8-7-3-1-2-4-9-8/h1-2,7H,3-4H2. The second-order valence-corrected chi connectivity index (χ2v) is 2.48. The van der Waals surface area contributed by atoms with Crippen molar-refractivity contribution in [2.45, 2.75) is 0 Å². The molecule has 1 aliphatic rings. The maximum Gasteiger partial charge on any atom is 0.206 e. The van der Waals surface area contributed by atoms with Crippen molar-refractivity contribution in [1.82, 2.24) is 9.84 Å². The summed E-state index contributed by atoms with van der Waals surface area (Å²) in [7, 11) is 0. The molecule has 1 aliphatic heterocycles. The highest BCUT2D eigenvalue weighted by molar-refractivity contribution is 7.97. The lowest BCUT2D eigenvalue weighted by atomic mass is 10.5. The Kier molecular flexibility index (Phi) is 2.43. The van der Waals surface area contributed by atoms with Crippen molar-refractivity contribution in [2.24, 2.45) is 0 Å². The third-order valence-corrected chi connectivity index (χ3v) is 1.72. The van der Waals surface area contributed by atoms with Gasteiger partial charge in [-0.3, -0.25) is 0 Å². The topological polar surface area (TPSA) is 39.1 Å². The maximum absolute atomic E-state index is 8.38. The van der Waals surface area contributed by atoms with Crippen molar-refractivity contribution >= 4 is 11.9 Å². The fourth-order valence-corrected chi connectivity index (χ4v) is 1.11. The first-order valence-corrected chi connectivity index (χ1v) is 3.59. The van der Waals surface area contributed by atoms with Crippen molar-refractivity contribution in [3.05, 3.63) is 12.2 Å². The van der Waals surface area contributed by atoms with Crippen molar-refractivity contribution in [3.63, 3.8) is 0 Å². The van der Waals surface area contributed by atoms with Gasteiger partial charge in [-0.15, -0.1) is 0 Å². The molecule has 0 aromatic rings. The van der Waals surface area contributed by atoms with Crippen molar-refractivity contribution < 1.29 is 0 Å². The summed E-state index contributed by atoms with van der Waals surface area (Å²) in [6, 6.07) is 0. The van der Waals surface area contributed by atoms with Crippen LogP contribution in [0.5, 0.6) is 0 Å². The summed E-state index contributed by atoms with van der Waals surface area (Å²) >= 11 is 1.46. The minimum atomic E-state index is 0.751. The monoisotopic (exact) mass is 141 g/mol. The average Bonchev–Trinajstić information content (AvgIpc) is 2.13. The molecule has 0 amide bonds. The first kappa shape index (κ1) is 6.46. The van der Waals surface area contributed by atoms with E-state index in [0.29, 0.717) is 0 Å². The highest BCUT2D eigenvalue weighted by Crippen LogP contribution is 2.06. The third kappa shape index (κ3) is 1.96. The highest BCUT2D eigenvalue weighted by Gasteiger charge is 2.00. The number of hydrazine groups is 1. The van der Waals surface area contributed by atoms with Crippen LogP contribution in [0.3, 0.4) is 0 Å². The van der Waals surface area contributed by atoms with Crippen molar-refractivity contribution in [2.75, 3.05) is 12.3 Å². The summed E-state index contributed by atoms with van der Waals surface area (Å²) in [5.41, 5.74) is 2.88. The molecule has 0 saturated heterocycles. The molecule has 4 heteroatoms. The molecule has 0 fully saturated rings. The molecule has 1 heterocycles. The van der Waals surface area contributed by atoms with Gasteiger partial charge >= 0.3 is 0 Å². The van der Waals surface area contributed by atoms with Gasteiger partial charge in [0.05, 0.1) is 0 Å². The van der Waals surface area contributed by atoms with Gasteiger partial charge in [0.15, 0.2) is 0 Å². The van der Waals surface area contributed by atoms with Crippen molar-refractivity contribution in [3.8, 4) is 6.19 Å². The molecule has 1 rings (SSSR count). The Bertz CT molecular complexity index is 139. The molecule has 48 valence electrons. The first-order chi connectivity index (χ1) is 4.43. The van der Waals surface area contributed by atoms with Gasteiger partial charge < -0.3 is 0 Å². The van der Waals surface area contributed by atoms with Crippen LogP contribution in [-0.4, -0.2) is 16.7 Å². The van der Waals surface area contributed by atoms with Gasteiger partial charge in [-0.2, -0.15) is 9.68 Å². The zero-order chi connectivity index (χ0) is 6.53. The SMILES string of the molecule is N#CN1NCC=CCS1. The Morgan fingerprint density at radius 2 is 2.56 bits per heavy atom. The Morgan fingerprint density at radius 1 is 1.67 bits per heavy atom. The van der Waals surface area contributed by atoms with Crippen LogP contribution in [0.2, 0.25) is 0 Å². The number of rotatable bonds is 0. The van der Waals surface area contributed by atoms with Crippen LogP contribution in [0.25, 0.3) is 0 Å². The van der Waals surface area contributed by atoms with E-state index in [1.54, 1.807) is 0 Å². The Hall–Kier alpha value is -0.660. The van der Waals surface area contributed by atoms with E-state index >= 15 is 0 Å². The van der Waals surface area contributed by atoms with E-state index < -0.39 is 0 Å². The second kappa shape index (κ2) is 3.38. The summed E-state index contributed by atoms with van der Waals surface area (Å²) < 4.78 is 1.46. The molecule has 0 spiro atoms. The Labute approximate surface area is 58.4 Å². The molecule has 3 nitrogen and oxygen atoms in total. The van der Waals surface area contributed by atoms with Crippen LogP contribution in [0.15, 0.2) is 12.2 Å². The van der Waals surface area contributed by atoms with E-state index in [0.717, 1.165) is 12.3 Å². The number of nitrogens with one attached hydrogen (secondary N) is 1. The molecule has 0 aromatic carbocycles. The van der Waals surface area contributed by atoms with Crippen LogP contribution in [0, 0.1) is 11.5 Å². The van der Waals surface area contributed by atoms with E-state index in [1.165, 1.54) is 16.4 Å². The summed E-state index contributed by atoms with van der Waals surface area (Å²) in [5.74, 6) is 0.876. The fourth-order valence-electron chi connectivity index (χ4n) is 0.514. The Morgan fingerprint density at radius 3 is 3.33 bits per heavy atom. The molecule has 0 bridgehead atoms. The predicted molar refractivity (Wildman–Crippen MR) is 37.1 cm³/mol. The fraction of sp³-hybridized carbons (Fsp3) is 0.400. The number of nitriles is 1. The van der Waals surface area contributed by atoms with Crippen LogP contribution in [-0.2, 0) is 0 Å². The summed E-state index contributed by atoms with van der Waals surface area (Å²) in [5, 5.41) is 8.38. The van der Waals surface area contributed by atoms with Crippen LogP contribution < -0.4 is 5.43 Å². The smallest absolute Gasteiger partial charge is 0.206 e. The number of nitrogens with zero attached hydrogens (tertiary/aromatic N) is 2. The molecule has 0 saturated carbocycles. The lowest BCUT2D eigenvalue weighted by molar-refractivity contribution is 0.500. The van der Waals surface area contributed by atoms with E-state index in [-0.39, 0.29) is 0 Å². The first-order valence-electron chi connectivity index (χ1n) is 2.65. The van der Waals surface area contributed by atoms with Crippen LogP contribution >= 0.6 is 11.9 Å². The largest absolute Gasteiger partial charge is 0.211 e. The molecule has 0 unspecified atom stereocenters. The third-order valence-electron chi connectivity index (χ3n) is 0.910. The quantitative estimate of drug-likeness (QED) is 0.303. The number of hydrogen-bond donors (Lipinski definition) is 1. The van der Waals surface area contributed by atoms with Gasteiger partial charge in [0.25, 0.3) is 0 Å². The molecule has 1 N–H and O–H groups in total. The maximum atomic E-state index is 8.38. The van der Waals surface area contributed by atoms with Gasteiger partial charge in [0, 0.05) is 12.3 Å². The summed E-state index contributed by atoms with van der Waals surface area (Å²) in [6.45, 7) is 0.751. The average molecular weight is 141 g/mol. The predicted octanol–water partition coefficient (Wildman–Crippen LogP) is 0.492. The van der Waals surface area contributed by atoms with Gasteiger partial charge in [0.2, 0.25) is 6.19 Å². The van der Waals surface area contributed by atoms with E-state index in [4.69, 9.17) is 5.26 Å². The zero-order valence-electron chi connectivity index (χ0n) is 4.87.